The number of benzene rings is 3. The number of nitrogens with zero attached hydrogens (tertiary/aromatic N) is 1. The van der Waals surface area contributed by atoms with Crippen LogP contribution in [0.3, 0.4) is 0 Å². The summed E-state index contributed by atoms with van der Waals surface area (Å²) >= 11 is 0. The van der Waals surface area contributed by atoms with Gasteiger partial charge in [0.25, 0.3) is 11.6 Å². The Morgan fingerprint density at radius 1 is 0.926 bits per heavy atom. The second-order valence-corrected chi connectivity index (χ2v) is 6.10. The highest BCUT2D eigenvalue weighted by atomic mass is 16.6. The quantitative estimate of drug-likeness (QED) is 0.496. The van der Waals surface area contributed by atoms with Crippen molar-refractivity contribution < 1.29 is 14.5 Å². The van der Waals surface area contributed by atoms with E-state index in [0.29, 0.717) is 17.2 Å². The minimum atomic E-state index is -0.575. The van der Waals surface area contributed by atoms with Crippen molar-refractivity contribution in [2.24, 2.45) is 0 Å². The molecule has 3 aromatic carbocycles. The normalized spacial score (nSPS) is 10.3. The minimum Gasteiger partial charge on any atom is -0.457 e. The van der Waals surface area contributed by atoms with Crippen LogP contribution >= 0.6 is 0 Å². The van der Waals surface area contributed by atoms with Gasteiger partial charge < -0.3 is 10.1 Å². The second-order valence-electron chi connectivity index (χ2n) is 6.10. The average Bonchev–Trinajstić information content (AvgIpc) is 2.65. The number of para-hydroxylation sites is 1. The summed E-state index contributed by atoms with van der Waals surface area (Å²) < 4.78 is 5.84. The fourth-order valence-electron chi connectivity index (χ4n) is 2.57. The van der Waals surface area contributed by atoms with Gasteiger partial charge in [0.1, 0.15) is 17.1 Å². The average molecular weight is 362 g/mol. The van der Waals surface area contributed by atoms with E-state index in [1.807, 2.05) is 32.0 Å². The molecule has 6 nitrogen and oxygen atoms in total. The summed E-state index contributed by atoms with van der Waals surface area (Å²) in [6, 6.07) is 18.5. The van der Waals surface area contributed by atoms with Crippen LogP contribution in [0.25, 0.3) is 0 Å². The fourth-order valence-corrected chi connectivity index (χ4v) is 2.57. The first-order valence-corrected chi connectivity index (χ1v) is 8.34. The van der Waals surface area contributed by atoms with Crippen molar-refractivity contribution in [3.8, 4) is 11.5 Å². The standard InChI is InChI=1S/C21H18N2O4/c1-14-10-11-18(12-15(14)2)27-17-7-5-6-16(13-17)22-21(24)19-8-3-4-9-20(19)23(25)26/h3-13H,1-2H3,(H,22,24). The van der Waals surface area contributed by atoms with Crippen LogP contribution in [0.4, 0.5) is 11.4 Å². The number of anilines is 1. The molecule has 27 heavy (non-hydrogen) atoms. The van der Waals surface area contributed by atoms with Crippen LogP contribution in [-0.2, 0) is 0 Å². The Bertz CT molecular complexity index is 1010. The molecule has 6 heteroatoms. The third kappa shape index (κ3) is 4.30. The highest BCUT2D eigenvalue weighted by Crippen LogP contribution is 2.26. The monoisotopic (exact) mass is 362 g/mol. The third-order valence-electron chi connectivity index (χ3n) is 4.15. The molecule has 0 radical (unpaired) electrons. The van der Waals surface area contributed by atoms with E-state index < -0.39 is 10.8 Å². The molecule has 0 atom stereocenters. The molecular weight excluding hydrogens is 344 g/mol. The first kappa shape index (κ1) is 18.1. The zero-order valence-electron chi connectivity index (χ0n) is 14.9. The number of amides is 1. The maximum absolute atomic E-state index is 12.4. The maximum Gasteiger partial charge on any atom is 0.282 e. The summed E-state index contributed by atoms with van der Waals surface area (Å²) in [5.74, 6) is 0.699. The molecule has 0 aliphatic heterocycles. The van der Waals surface area contributed by atoms with E-state index in [1.165, 1.54) is 23.8 Å². The number of nitrogens with one attached hydrogen (secondary N) is 1. The largest absolute Gasteiger partial charge is 0.457 e. The van der Waals surface area contributed by atoms with Crippen LogP contribution in [0.2, 0.25) is 0 Å². The zero-order valence-corrected chi connectivity index (χ0v) is 14.9. The zero-order chi connectivity index (χ0) is 19.4. The second kappa shape index (κ2) is 7.70. The predicted octanol–water partition coefficient (Wildman–Crippen LogP) is 5.26. The van der Waals surface area contributed by atoms with Crippen molar-refractivity contribution in [3.63, 3.8) is 0 Å². The molecule has 3 rings (SSSR count). The number of hydrogen-bond donors (Lipinski definition) is 1. The van der Waals surface area contributed by atoms with Gasteiger partial charge in [-0.1, -0.05) is 24.3 Å². The number of rotatable bonds is 5. The highest BCUT2D eigenvalue weighted by molar-refractivity contribution is 6.07. The maximum atomic E-state index is 12.4. The smallest absolute Gasteiger partial charge is 0.282 e. The fraction of sp³-hybridized carbons (Fsp3) is 0.0952. The van der Waals surface area contributed by atoms with E-state index in [1.54, 1.807) is 30.3 Å². The molecule has 0 fully saturated rings. The van der Waals surface area contributed by atoms with Crippen molar-refractivity contribution in [2.45, 2.75) is 13.8 Å². The van der Waals surface area contributed by atoms with Gasteiger partial charge >= 0.3 is 0 Å². The molecule has 0 saturated carbocycles. The van der Waals surface area contributed by atoms with Crippen molar-refractivity contribution in [1.82, 2.24) is 0 Å². The summed E-state index contributed by atoms with van der Waals surface area (Å²) in [5.41, 5.74) is 2.54. The lowest BCUT2D eigenvalue weighted by atomic mass is 10.1. The first-order valence-electron chi connectivity index (χ1n) is 8.34. The van der Waals surface area contributed by atoms with Crippen LogP contribution in [0.1, 0.15) is 21.5 Å². The number of carbonyl (C=O) groups is 1. The summed E-state index contributed by atoms with van der Waals surface area (Å²) in [6.07, 6.45) is 0. The molecule has 136 valence electrons. The topological polar surface area (TPSA) is 81.5 Å². The third-order valence-corrected chi connectivity index (χ3v) is 4.15. The molecule has 1 N–H and O–H groups in total. The van der Waals surface area contributed by atoms with Gasteiger partial charge in [0.2, 0.25) is 0 Å². The molecule has 0 spiro atoms. The van der Waals surface area contributed by atoms with Gasteiger partial charge in [0.05, 0.1) is 4.92 Å². The minimum absolute atomic E-state index is 0.00276. The number of nitro groups is 1. The van der Waals surface area contributed by atoms with Crippen LogP contribution in [0.5, 0.6) is 11.5 Å². The van der Waals surface area contributed by atoms with Gasteiger partial charge in [-0.3, -0.25) is 14.9 Å². The van der Waals surface area contributed by atoms with E-state index in [2.05, 4.69) is 5.32 Å². The highest BCUT2D eigenvalue weighted by Gasteiger charge is 2.19. The molecule has 0 saturated heterocycles. The molecule has 1 amide bonds. The lowest BCUT2D eigenvalue weighted by Gasteiger charge is -2.10. The molecule has 0 aliphatic carbocycles. The van der Waals surface area contributed by atoms with E-state index in [9.17, 15) is 14.9 Å². The molecule has 0 aliphatic rings. The van der Waals surface area contributed by atoms with Gasteiger partial charge in [0, 0.05) is 17.8 Å². The lowest BCUT2D eigenvalue weighted by molar-refractivity contribution is -0.385. The summed E-state index contributed by atoms with van der Waals surface area (Å²) in [7, 11) is 0. The Morgan fingerprint density at radius 2 is 1.67 bits per heavy atom. The molecular formula is C21H18N2O4. The van der Waals surface area contributed by atoms with Gasteiger partial charge in [-0.05, 0) is 55.3 Å². The van der Waals surface area contributed by atoms with E-state index >= 15 is 0 Å². The van der Waals surface area contributed by atoms with E-state index in [0.717, 1.165) is 5.56 Å². The molecule has 0 heterocycles. The van der Waals surface area contributed by atoms with Crippen LogP contribution in [0.15, 0.2) is 66.7 Å². The van der Waals surface area contributed by atoms with Crippen molar-refractivity contribution in [1.29, 1.82) is 0 Å². The van der Waals surface area contributed by atoms with E-state index in [4.69, 9.17) is 4.74 Å². The number of aryl methyl sites for hydroxylation is 2. The van der Waals surface area contributed by atoms with Crippen molar-refractivity contribution >= 4 is 17.3 Å². The lowest BCUT2D eigenvalue weighted by Crippen LogP contribution is -2.13. The van der Waals surface area contributed by atoms with Gasteiger partial charge in [-0.25, -0.2) is 0 Å². The van der Waals surface area contributed by atoms with Crippen molar-refractivity contribution in [3.05, 3.63) is 93.5 Å². The van der Waals surface area contributed by atoms with Gasteiger partial charge in [-0.2, -0.15) is 0 Å². The Kier molecular flexibility index (Phi) is 5.17. The van der Waals surface area contributed by atoms with Crippen LogP contribution in [0, 0.1) is 24.0 Å². The Morgan fingerprint density at radius 3 is 2.41 bits per heavy atom. The van der Waals surface area contributed by atoms with E-state index in [-0.39, 0.29) is 11.3 Å². The SMILES string of the molecule is Cc1ccc(Oc2cccc(NC(=O)c3ccccc3[N+](=O)[O-])c2)cc1C. The van der Waals surface area contributed by atoms with Crippen molar-refractivity contribution in [2.75, 3.05) is 5.32 Å². The first-order chi connectivity index (χ1) is 12.9. The number of carbonyl (C=O) groups excluding carboxylic acids is 1. The summed E-state index contributed by atoms with van der Waals surface area (Å²) in [5, 5.41) is 13.8. The molecule has 0 aromatic heterocycles. The Balaban J connectivity index is 1.79. The van der Waals surface area contributed by atoms with Gasteiger partial charge in [0.15, 0.2) is 0 Å². The Labute approximate surface area is 156 Å². The summed E-state index contributed by atoms with van der Waals surface area (Å²) in [4.78, 5) is 23.0. The number of ether oxygens (including phenoxy) is 1. The Hall–Kier alpha value is -3.67. The number of hydrogen-bond acceptors (Lipinski definition) is 4. The van der Waals surface area contributed by atoms with Crippen LogP contribution in [-0.4, -0.2) is 10.8 Å². The molecule has 3 aromatic rings. The number of nitro benzene ring substituents is 1. The van der Waals surface area contributed by atoms with Crippen LogP contribution < -0.4 is 10.1 Å². The summed E-state index contributed by atoms with van der Waals surface area (Å²) in [6.45, 7) is 4.03. The predicted molar refractivity (Wildman–Crippen MR) is 103 cm³/mol. The molecule has 0 bridgehead atoms. The molecule has 0 unspecified atom stereocenters. The van der Waals surface area contributed by atoms with Gasteiger partial charge in [-0.15, -0.1) is 0 Å².